The van der Waals surface area contributed by atoms with Crippen LogP contribution in [0.5, 0.6) is 0 Å². The number of thioether (sulfide) groups is 1. The maximum atomic E-state index is 11.7. The molecule has 1 aliphatic heterocycles. The highest BCUT2D eigenvalue weighted by atomic mass is 32.2. The van der Waals surface area contributed by atoms with Crippen LogP contribution >= 0.6 is 11.8 Å². The van der Waals surface area contributed by atoms with Crippen LogP contribution in [0.15, 0.2) is 71.9 Å². The summed E-state index contributed by atoms with van der Waals surface area (Å²) in [6.07, 6.45) is 6.00. The SMILES string of the molecule is O=C1NC(=O)C(=Cc2cccc(-c3cncc(NCCc4ccccc4)n3)c2)S1. The van der Waals surface area contributed by atoms with E-state index in [1.807, 2.05) is 42.5 Å². The van der Waals surface area contributed by atoms with Crippen molar-refractivity contribution in [3.05, 3.63) is 83.0 Å². The number of anilines is 1. The van der Waals surface area contributed by atoms with Gasteiger partial charge in [-0.2, -0.15) is 0 Å². The topological polar surface area (TPSA) is 84.0 Å². The Morgan fingerprint density at radius 2 is 1.90 bits per heavy atom. The second-order valence-corrected chi connectivity index (χ2v) is 7.44. The quantitative estimate of drug-likeness (QED) is 0.604. The third-order valence-electron chi connectivity index (χ3n) is 4.32. The number of nitrogens with one attached hydrogen (secondary N) is 2. The summed E-state index contributed by atoms with van der Waals surface area (Å²) in [6, 6.07) is 17.9. The van der Waals surface area contributed by atoms with E-state index in [1.54, 1.807) is 18.5 Å². The van der Waals surface area contributed by atoms with Crippen molar-refractivity contribution < 1.29 is 9.59 Å². The second kappa shape index (κ2) is 8.70. The molecule has 2 amide bonds. The summed E-state index contributed by atoms with van der Waals surface area (Å²) in [5.74, 6) is 0.341. The number of hydrogen-bond donors (Lipinski definition) is 2. The van der Waals surface area contributed by atoms with Gasteiger partial charge in [-0.3, -0.25) is 19.9 Å². The number of imide groups is 1. The molecule has 6 nitrogen and oxygen atoms in total. The normalized spacial score (nSPS) is 14.8. The van der Waals surface area contributed by atoms with Crippen LogP contribution in [0.2, 0.25) is 0 Å². The van der Waals surface area contributed by atoms with E-state index in [0.29, 0.717) is 10.7 Å². The number of rotatable bonds is 6. The molecule has 0 spiro atoms. The van der Waals surface area contributed by atoms with E-state index in [0.717, 1.165) is 41.5 Å². The van der Waals surface area contributed by atoms with Gasteiger partial charge in [0, 0.05) is 12.1 Å². The minimum atomic E-state index is -0.366. The standard InChI is InChI=1S/C22H18N4O2S/c27-21-19(29-22(28)26-21)12-16-7-4-8-17(11-16)18-13-23-14-20(25-18)24-10-9-15-5-2-1-3-6-15/h1-8,11-14H,9-10H2,(H,24,25)(H,26,27,28). The van der Waals surface area contributed by atoms with Crippen molar-refractivity contribution in [3.8, 4) is 11.3 Å². The Morgan fingerprint density at radius 1 is 1.03 bits per heavy atom. The summed E-state index contributed by atoms with van der Waals surface area (Å²) < 4.78 is 0. The first kappa shape index (κ1) is 18.9. The fourth-order valence-electron chi connectivity index (χ4n) is 2.93. The van der Waals surface area contributed by atoms with E-state index in [-0.39, 0.29) is 11.1 Å². The second-order valence-electron chi connectivity index (χ2n) is 6.43. The summed E-state index contributed by atoms with van der Waals surface area (Å²) in [6.45, 7) is 0.759. The van der Waals surface area contributed by atoms with Gasteiger partial charge in [0.15, 0.2) is 0 Å². The monoisotopic (exact) mass is 402 g/mol. The maximum Gasteiger partial charge on any atom is 0.290 e. The Kier molecular flexibility index (Phi) is 5.67. The third-order valence-corrected chi connectivity index (χ3v) is 5.13. The zero-order valence-corrected chi connectivity index (χ0v) is 16.3. The average Bonchev–Trinajstić information content (AvgIpc) is 3.06. The van der Waals surface area contributed by atoms with Gasteiger partial charge in [-0.1, -0.05) is 48.5 Å². The van der Waals surface area contributed by atoms with Crippen LogP contribution in [0.3, 0.4) is 0 Å². The first-order valence-electron chi connectivity index (χ1n) is 9.12. The molecule has 0 aliphatic carbocycles. The summed E-state index contributed by atoms with van der Waals surface area (Å²) in [5, 5.41) is 5.22. The summed E-state index contributed by atoms with van der Waals surface area (Å²) in [5.41, 5.74) is 3.69. The molecule has 29 heavy (non-hydrogen) atoms. The predicted octanol–water partition coefficient (Wildman–Crippen LogP) is 4.12. The van der Waals surface area contributed by atoms with Crippen LogP contribution in [0.4, 0.5) is 10.6 Å². The molecule has 2 aromatic carbocycles. The molecule has 0 saturated carbocycles. The van der Waals surface area contributed by atoms with Crippen LogP contribution in [-0.2, 0) is 11.2 Å². The molecule has 7 heteroatoms. The lowest BCUT2D eigenvalue weighted by atomic mass is 10.1. The van der Waals surface area contributed by atoms with Crippen molar-refractivity contribution in [3.63, 3.8) is 0 Å². The molecule has 0 bridgehead atoms. The third kappa shape index (κ3) is 4.89. The number of aromatic nitrogens is 2. The average molecular weight is 402 g/mol. The minimum Gasteiger partial charge on any atom is -0.368 e. The maximum absolute atomic E-state index is 11.7. The Balaban J connectivity index is 1.47. The van der Waals surface area contributed by atoms with Crippen LogP contribution in [0.1, 0.15) is 11.1 Å². The van der Waals surface area contributed by atoms with E-state index in [4.69, 9.17) is 0 Å². The molecule has 2 N–H and O–H groups in total. The fraction of sp³-hybridized carbons (Fsp3) is 0.0909. The Hall–Kier alpha value is -3.45. The predicted molar refractivity (Wildman–Crippen MR) is 115 cm³/mol. The van der Waals surface area contributed by atoms with Gasteiger partial charge in [0.2, 0.25) is 0 Å². The number of carbonyl (C=O) groups excluding carboxylic acids is 2. The number of carbonyl (C=O) groups is 2. The van der Waals surface area contributed by atoms with Crippen molar-refractivity contribution in [1.29, 1.82) is 0 Å². The van der Waals surface area contributed by atoms with Gasteiger partial charge in [-0.15, -0.1) is 0 Å². The van der Waals surface area contributed by atoms with Gasteiger partial charge in [0.05, 0.1) is 23.0 Å². The number of benzene rings is 2. The Morgan fingerprint density at radius 3 is 2.69 bits per heavy atom. The Labute approximate surface area is 172 Å². The molecule has 0 atom stereocenters. The molecule has 3 aromatic rings. The van der Waals surface area contributed by atoms with E-state index in [9.17, 15) is 9.59 Å². The van der Waals surface area contributed by atoms with Crippen LogP contribution in [-0.4, -0.2) is 27.7 Å². The fourth-order valence-corrected chi connectivity index (χ4v) is 3.61. The van der Waals surface area contributed by atoms with Gasteiger partial charge in [-0.05, 0) is 41.5 Å². The molecule has 2 heterocycles. The van der Waals surface area contributed by atoms with Gasteiger partial charge >= 0.3 is 0 Å². The van der Waals surface area contributed by atoms with Gasteiger partial charge in [0.1, 0.15) is 5.82 Å². The molecule has 0 unspecified atom stereocenters. The van der Waals surface area contributed by atoms with E-state index in [1.165, 1.54) is 5.56 Å². The van der Waals surface area contributed by atoms with Crippen molar-refractivity contribution in [2.75, 3.05) is 11.9 Å². The van der Waals surface area contributed by atoms with E-state index in [2.05, 4.69) is 32.7 Å². The number of nitrogens with zero attached hydrogens (tertiary/aromatic N) is 2. The molecule has 1 aromatic heterocycles. The van der Waals surface area contributed by atoms with Crippen molar-refractivity contribution in [1.82, 2.24) is 15.3 Å². The van der Waals surface area contributed by atoms with Gasteiger partial charge < -0.3 is 5.32 Å². The highest BCUT2D eigenvalue weighted by molar-refractivity contribution is 8.18. The zero-order chi connectivity index (χ0) is 20.1. The molecule has 4 rings (SSSR count). The van der Waals surface area contributed by atoms with E-state index >= 15 is 0 Å². The minimum absolute atomic E-state index is 0.349. The lowest BCUT2D eigenvalue weighted by Crippen LogP contribution is -2.17. The lowest BCUT2D eigenvalue weighted by molar-refractivity contribution is -0.115. The molecule has 1 fully saturated rings. The molecule has 144 valence electrons. The Bertz CT molecular complexity index is 1080. The summed E-state index contributed by atoms with van der Waals surface area (Å²) >= 11 is 0.903. The van der Waals surface area contributed by atoms with Crippen LogP contribution in [0, 0.1) is 0 Å². The highest BCUT2D eigenvalue weighted by Gasteiger charge is 2.24. The highest BCUT2D eigenvalue weighted by Crippen LogP contribution is 2.27. The summed E-state index contributed by atoms with van der Waals surface area (Å²) in [4.78, 5) is 32.4. The van der Waals surface area contributed by atoms with Crippen molar-refractivity contribution in [2.45, 2.75) is 6.42 Å². The first-order chi connectivity index (χ1) is 14.2. The number of hydrogen-bond acceptors (Lipinski definition) is 6. The lowest BCUT2D eigenvalue weighted by Gasteiger charge is -2.08. The summed E-state index contributed by atoms with van der Waals surface area (Å²) in [7, 11) is 0. The van der Waals surface area contributed by atoms with Crippen molar-refractivity contribution in [2.24, 2.45) is 0 Å². The largest absolute Gasteiger partial charge is 0.368 e. The molecule has 1 aliphatic rings. The van der Waals surface area contributed by atoms with Gasteiger partial charge in [0.25, 0.3) is 11.1 Å². The first-order valence-corrected chi connectivity index (χ1v) is 9.94. The van der Waals surface area contributed by atoms with E-state index < -0.39 is 0 Å². The molecular weight excluding hydrogens is 384 g/mol. The molecular formula is C22H18N4O2S. The molecule has 1 saturated heterocycles. The van der Waals surface area contributed by atoms with Crippen LogP contribution < -0.4 is 10.6 Å². The zero-order valence-electron chi connectivity index (χ0n) is 15.5. The smallest absolute Gasteiger partial charge is 0.290 e. The van der Waals surface area contributed by atoms with Gasteiger partial charge in [-0.25, -0.2) is 4.98 Å². The number of amides is 2. The van der Waals surface area contributed by atoms with Crippen molar-refractivity contribution >= 4 is 34.8 Å². The van der Waals surface area contributed by atoms with Crippen LogP contribution in [0.25, 0.3) is 17.3 Å². The molecule has 0 radical (unpaired) electrons.